The first-order valence-electron chi connectivity index (χ1n) is 3.40. The highest BCUT2D eigenvalue weighted by molar-refractivity contribution is 5.79. The van der Waals surface area contributed by atoms with E-state index in [4.69, 9.17) is 5.73 Å². The summed E-state index contributed by atoms with van der Waals surface area (Å²) in [5, 5.41) is 3.60. The van der Waals surface area contributed by atoms with Crippen molar-refractivity contribution in [2.45, 2.75) is 0 Å². The summed E-state index contributed by atoms with van der Waals surface area (Å²) in [5.74, 6) is 0. The van der Waals surface area contributed by atoms with Crippen molar-refractivity contribution in [2.75, 3.05) is 0 Å². The maximum Gasteiger partial charge on any atom is 0.332 e. The lowest BCUT2D eigenvalue weighted by Crippen LogP contribution is -2.24. The molecule has 0 aromatic carbocycles. The van der Waals surface area contributed by atoms with Gasteiger partial charge in [-0.3, -0.25) is 0 Å². The van der Waals surface area contributed by atoms with E-state index in [2.05, 4.69) is 10.5 Å². The van der Waals surface area contributed by atoms with Gasteiger partial charge >= 0.3 is 6.03 Å². The second-order valence-corrected chi connectivity index (χ2v) is 2.28. The lowest BCUT2D eigenvalue weighted by Gasteiger charge is -1.94. The molecule has 3 N–H and O–H groups in total. The summed E-state index contributed by atoms with van der Waals surface area (Å²) in [6.45, 7) is 0. The molecular formula is C7H10N4O. The molecule has 0 saturated heterocycles. The Balaban J connectivity index is 2.57. The van der Waals surface area contributed by atoms with Gasteiger partial charge in [0.2, 0.25) is 0 Å². The zero-order valence-electron chi connectivity index (χ0n) is 6.69. The highest BCUT2D eigenvalue weighted by Crippen LogP contribution is 1.94. The lowest BCUT2D eigenvalue weighted by molar-refractivity contribution is 0.249. The highest BCUT2D eigenvalue weighted by atomic mass is 16.2. The first kappa shape index (κ1) is 8.32. The fourth-order valence-corrected chi connectivity index (χ4v) is 0.770. The van der Waals surface area contributed by atoms with Crippen LogP contribution in [0.3, 0.4) is 0 Å². The summed E-state index contributed by atoms with van der Waals surface area (Å²) >= 11 is 0. The normalized spacial score (nSPS) is 10.4. The van der Waals surface area contributed by atoms with Crippen molar-refractivity contribution < 1.29 is 4.79 Å². The third-order valence-corrected chi connectivity index (χ3v) is 1.36. The Kier molecular flexibility index (Phi) is 2.47. The van der Waals surface area contributed by atoms with Crippen LogP contribution in [0.2, 0.25) is 0 Å². The Bertz CT molecular complexity index is 302. The van der Waals surface area contributed by atoms with Gasteiger partial charge in [-0.05, 0) is 12.1 Å². The van der Waals surface area contributed by atoms with Crippen LogP contribution >= 0.6 is 0 Å². The molecule has 0 saturated carbocycles. The van der Waals surface area contributed by atoms with E-state index in [0.717, 1.165) is 5.69 Å². The minimum absolute atomic E-state index is 0.666. The van der Waals surface area contributed by atoms with Crippen molar-refractivity contribution in [1.82, 2.24) is 9.99 Å². The molecule has 0 unspecified atom stereocenters. The molecule has 0 atom stereocenters. The molecule has 0 spiro atoms. The summed E-state index contributed by atoms with van der Waals surface area (Å²) in [6, 6.07) is 3.08. The van der Waals surface area contributed by atoms with E-state index in [1.54, 1.807) is 0 Å². The average Bonchev–Trinajstić information content (AvgIpc) is 2.36. The summed E-state index contributed by atoms with van der Waals surface area (Å²) in [4.78, 5) is 10.2. The van der Waals surface area contributed by atoms with Gasteiger partial charge in [-0.1, -0.05) is 0 Å². The van der Waals surface area contributed by atoms with E-state index < -0.39 is 6.03 Å². The molecule has 0 bridgehead atoms. The Morgan fingerprint density at radius 3 is 3.08 bits per heavy atom. The number of carbonyl (C=O) groups is 1. The molecule has 12 heavy (non-hydrogen) atoms. The number of aryl methyl sites for hydroxylation is 1. The molecule has 0 radical (unpaired) electrons. The summed E-state index contributed by atoms with van der Waals surface area (Å²) < 4.78 is 1.87. The molecule has 1 heterocycles. The van der Waals surface area contributed by atoms with E-state index in [1.165, 1.54) is 6.21 Å². The fourth-order valence-electron chi connectivity index (χ4n) is 0.770. The molecule has 1 rings (SSSR count). The molecular weight excluding hydrogens is 156 g/mol. The van der Waals surface area contributed by atoms with Gasteiger partial charge in [0.05, 0.1) is 11.9 Å². The number of primary amides is 1. The SMILES string of the molecule is Cn1cccc1/C=N/NC(N)=O. The van der Waals surface area contributed by atoms with Crippen molar-refractivity contribution in [1.29, 1.82) is 0 Å². The average molecular weight is 166 g/mol. The van der Waals surface area contributed by atoms with Crippen LogP contribution in [0.4, 0.5) is 4.79 Å². The molecule has 0 aliphatic rings. The van der Waals surface area contributed by atoms with E-state index in [1.807, 2.05) is 29.9 Å². The third-order valence-electron chi connectivity index (χ3n) is 1.36. The molecule has 1 aromatic rings. The molecule has 0 aliphatic heterocycles. The zero-order valence-corrected chi connectivity index (χ0v) is 6.69. The molecule has 1 aromatic heterocycles. The quantitative estimate of drug-likeness (QED) is 0.472. The number of hydrogen-bond acceptors (Lipinski definition) is 2. The maximum atomic E-state index is 10.2. The second-order valence-electron chi connectivity index (χ2n) is 2.28. The standard InChI is InChI=1S/C7H10N4O/c1-11-4-2-3-6(11)5-9-10-7(8)12/h2-5H,1H3,(H3,8,10,12)/b9-5+. The van der Waals surface area contributed by atoms with Gasteiger partial charge in [-0.25, -0.2) is 10.2 Å². The molecule has 5 nitrogen and oxygen atoms in total. The van der Waals surface area contributed by atoms with Gasteiger partial charge in [0.25, 0.3) is 0 Å². The molecule has 0 aliphatic carbocycles. The number of hydrogen-bond donors (Lipinski definition) is 2. The largest absolute Gasteiger partial charge is 0.350 e. The van der Waals surface area contributed by atoms with Crippen molar-refractivity contribution in [2.24, 2.45) is 17.9 Å². The van der Waals surface area contributed by atoms with Gasteiger partial charge in [-0.2, -0.15) is 5.10 Å². The molecule has 2 amide bonds. The van der Waals surface area contributed by atoms with Gasteiger partial charge < -0.3 is 10.3 Å². The fraction of sp³-hybridized carbons (Fsp3) is 0.143. The maximum absolute atomic E-state index is 10.2. The van der Waals surface area contributed by atoms with E-state index in [9.17, 15) is 4.79 Å². The van der Waals surface area contributed by atoms with E-state index in [0.29, 0.717) is 0 Å². The van der Waals surface area contributed by atoms with Crippen molar-refractivity contribution >= 4 is 12.2 Å². The smallest absolute Gasteiger partial charge is 0.332 e. The van der Waals surface area contributed by atoms with Crippen LogP contribution < -0.4 is 11.2 Å². The minimum atomic E-state index is -0.666. The van der Waals surface area contributed by atoms with Gasteiger partial charge in [0, 0.05) is 13.2 Å². The van der Waals surface area contributed by atoms with Gasteiger partial charge in [-0.15, -0.1) is 0 Å². The highest BCUT2D eigenvalue weighted by Gasteiger charge is 1.90. The third kappa shape index (κ3) is 2.12. The Morgan fingerprint density at radius 2 is 2.58 bits per heavy atom. The van der Waals surface area contributed by atoms with Crippen molar-refractivity contribution in [3.05, 3.63) is 24.0 Å². The van der Waals surface area contributed by atoms with Crippen LogP contribution in [-0.2, 0) is 7.05 Å². The summed E-state index contributed by atoms with van der Waals surface area (Å²) in [6.07, 6.45) is 3.40. The topological polar surface area (TPSA) is 72.4 Å². The van der Waals surface area contributed by atoms with Crippen LogP contribution in [0.1, 0.15) is 5.69 Å². The first-order valence-corrected chi connectivity index (χ1v) is 3.40. The number of nitrogens with one attached hydrogen (secondary N) is 1. The second kappa shape index (κ2) is 3.56. The number of aromatic nitrogens is 1. The summed E-state index contributed by atoms with van der Waals surface area (Å²) in [5.41, 5.74) is 7.80. The predicted octanol–water partition coefficient (Wildman–Crippen LogP) is 0.0273. The summed E-state index contributed by atoms with van der Waals surface area (Å²) in [7, 11) is 1.88. The Labute approximate surface area is 69.9 Å². The number of carbonyl (C=O) groups excluding carboxylic acids is 1. The van der Waals surface area contributed by atoms with Crippen LogP contribution in [0.25, 0.3) is 0 Å². The Hall–Kier alpha value is -1.78. The number of urea groups is 1. The molecule has 5 heteroatoms. The Morgan fingerprint density at radius 1 is 1.83 bits per heavy atom. The zero-order chi connectivity index (χ0) is 8.97. The van der Waals surface area contributed by atoms with Crippen LogP contribution in [0, 0.1) is 0 Å². The number of hydrazone groups is 1. The molecule has 64 valence electrons. The van der Waals surface area contributed by atoms with Gasteiger partial charge in [0.15, 0.2) is 0 Å². The number of rotatable bonds is 2. The predicted molar refractivity (Wildman–Crippen MR) is 45.7 cm³/mol. The monoisotopic (exact) mass is 166 g/mol. The minimum Gasteiger partial charge on any atom is -0.350 e. The van der Waals surface area contributed by atoms with Crippen molar-refractivity contribution in [3.8, 4) is 0 Å². The van der Waals surface area contributed by atoms with E-state index in [-0.39, 0.29) is 0 Å². The van der Waals surface area contributed by atoms with E-state index >= 15 is 0 Å². The van der Waals surface area contributed by atoms with Gasteiger partial charge in [0.1, 0.15) is 0 Å². The van der Waals surface area contributed by atoms with Crippen molar-refractivity contribution in [3.63, 3.8) is 0 Å². The molecule has 0 fully saturated rings. The number of amides is 2. The first-order chi connectivity index (χ1) is 5.70. The van der Waals surface area contributed by atoms with Crippen LogP contribution in [0.15, 0.2) is 23.4 Å². The van der Waals surface area contributed by atoms with Crippen LogP contribution in [-0.4, -0.2) is 16.8 Å². The number of nitrogens with zero attached hydrogens (tertiary/aromatic N) is 2. The van der Waals surface area contributed by atoms with Crippen LogP contribution in [0.5, 0.6) is 0 Å². The number of nitrogens with two attached hydrogens (primary N) is 1. The lowest BCUT2D eigenvalue weighted by atomic mass is 10.5.